The number of Topliss-reactive ketones (excluding diaryl/α,β-unsaturated/α-hetero) is 1. The molecule has 0 aliphatic carbocycles. The van der Waals surface area contributed by atoms with Gasteiger partial charge in [-0.2, -0.15) is 0 Å². The third-order valence-corrected chi connectivity index (χ3v) is 10.5. The predicted molar refractivity (Wildman–Crippen MR) is 208 cm³/mol. The summed E-state index contributed by atoms with van der Waals surface area (Å²) in [7, 11) is 1.43. The van der Waals surface area contributed by atoms with Gasteiger partial charge in [0.25, 0.3) is 11.7 Å². The van der Waals surface area contributed by atoms with Crippen LogP contribution in [0.3, 0.4) is 0 Å². The fraction of sp³-hybridized carbons (Fsp3) is 0.512. The summed E-state index contributed by atoms with van der Waals surface area (Å²) in [4.78, 5) is 45.4. The minimum atomic E-state index is -2.06. The number of anilines is 1. The molecule has 6 N–H and O–H groups in total. The molecule has 3 heterocycles. The molecule has 56 heavy (non-hydrogen) atoms. The summed E-state index contributed by atoms with van der Waals surface area (Å²) in [6.07, 6.45) is 4.11. The van der Waals surface area contributed by atoms with Crippen molar-refractivity contribution in [2.24, 2.45) is 28.8 Å². The number of hydrogen-bond donors (Lipinski definition) is 6. The standard InChI is InChI=1S/C41H54N2O13/c1-18(2)56-42-17-26-31-36(49)29-28(35(26)48)30-38(24(8)34(29)47)55-41(10,39(30)50)53-16-15-27(52-11)21(5)37(54-25(9)44)23(7)33(46)22(6)32(45)19(3)13-12-14-20(4)40(51)43-31/h12-19,21-23,27,32-33,37,45-49H,1-11H3,(H,43,51)/b13-12-,16-15-,20-14-,42-17+. The van der Waals surface area contributed by atoms with Crippen molar-refractivity contribution in [3.05, 3.63) is 52.8 Å². The second-order valence-corrected chi connectivity index (χ2v) is 15.0. The number of nitrogens with zero attached hydrogens (tertiary/aromatic N) is 1. The van der Waals surface area contributed by atoms with Crippen LogP contribution in [0.5, 0.6) is 23.0 Å². The molecule has 5 rings (SSSR count). The Bertz CT molecular complexity index is 1970. The summed E-state index contributed by atoms with van der Waals surface area (Å²) in [5.74, 6) is -8.63. The van der Waals surface area contributed by atoms with Crippen molar-refractivity contribution in [3.63, 3.8) is 0 Å². The molecule has 3 aliphatic heterocycles. The summed E-state index contributed by atoms with van der Waals surface area (Å²) >= 11 is 0. The van der Waals surface area contributed by atoms with E-state index in [0.29, 0.717) is 0 Å². The Labute approximate surface area is 326 Å². The van der Waals surface area contributed by atoms with Gasteiger partial charge in [-0.1, -0.05) is 51.1 Å². The summed E-state index contributed by atoms with van der Waals surface area (Å²) in [5.41, 5.74) is -0.618. The number of aromatic hydroxyl groups is 3. The molecular weight excluding hydrogens is 728 g/mol. The Balaban J connectivity index is 1.97. The molecule has 0 fully saturated rings. The van der Waals surface area contributed by atoms with Crippen molar-refractivity contribution in [2.45, 2.75) is 106 Å². The van der Waals surface area contributed by atoms with Crippen LogP contribution < -0.4 is 10.1 Å². The fourth-order valence-electron chi connectivity index (χ4n) is 7.08. The molecule has 0 spiro atoms. The molecule has 0 saturated carbocycles. The second kappa shape index (κ2) is 17.3. The van der Waals surface area contributed by atoms with Crippen LogP contribution in [0.25, 0.3) is 10.8 Å². The molecule has 15 heteroatoms. The number of amides is 1. The number of esters is 1. The van der Waals surface area contributed by atoms with E-state index in [0.717, 1.165) is 6.21 Å². The maximum absolute atomic E-state index is 14.3. The Kier molecular flexibility index (Phi) is 13.5. The first kappa shape index (κ1) is 43.6. The number of rotatable bonds is 5. The number of nitrogens with one attached hydrogen (secondary N) is 1. The van der Waals surface area contributed by atoms with Crippen LogP contribution in [0.1, 0.15) is 83.8 Å². The molecule has 9 unspecified atom stereocenters. The number of carbonyl (C=O) groups excluding carboxylic acids is 3. The molecule has 0 saturated heterocycles. The Morgan fingerprint density at radius 1 is 0.964 bits per heavy atom. The van der Waals surface area contributed by atoms with Gasteiger partial charge in [-0.05, 0) is 33.8 Å². The van der Waals surface area contributed by atoms with Gasteiger partial charge in [0.2, 0.25) is 0 Å². The van der Waals surface area contributed by atoms with Crippen LogP contribution in [0.4, 0.5) is 5.69 Å². The second-order valence-electron chi connectivity index (χ2n) is 15.0. The molecule has 15 nitrogen and oxygen atoms in total. The lowest BCUT2D eigenvalue weighted by Gasteiger charge is -2.38. The maximum Gasteiger partial charge on any atom is 0.312 e. The minimum absolute atomic E-state index is 0.0334. The summed E-state index contributed by atoms with van der Waals surface area (Å²) in [5, 5.41) is 63.6. The van der Waals surface area contributed by atoms with Crippen LogP contribution in [0.15, 0.2) is 41.3 Å². The average Bonchev–Trinajstić information content (AvgIpc) is 3.41. The van der Waals surface area contributed by atoms with Crippen LogP contribution in [0, 0.1) is 30.6 Å². The third kappa shape index (κ3) is 8.49. The van der Waals surface area contributed by atoms with Crippen molar-refractivity contribution >= 4 is 40.3 Å². The molecule has 0 radical (unpaired) electrons. The summed E-state index contributed by atoms with van der Waals surface area (Å²) in [6, 6.07) is 0. The number of benzene rings is 2. The smallest absolute Gasteiger partial charge is 0.312 e. The van der Waals surface area contributed by atoms with E-state index in [2.05, 4.69) is 10.5 Å². The SMILES string of the molecule is COC1/C=C\OC2(C)Oc3c(C)c(O)c4c(O)c(c(/C=N/OC(C)C)c(O)c4c3C2=O)NC(=O)/C(C)=C\C=C/C(C)C(O)C(C)C(O)C(C)C(OC(C)=O)C1C. The predicted octanol–water partition coefficient (Wildman–Crippen LogP) is 5.51. The normalized spacial score (nSPS) is 31.1. The zero-order valence-corrected chi connectivity index (χ0v) is 33.6. The number of aliphatic hydroxyl groups excluding tert-OH is 2. The van der Waals surface area contributed by atoms with E-state index in [-0.39, 0.29) is 50.6 Å². The van der Waals surface area contributed by atoms with Crippen molar-refractivity contribution < 1.29 is 63.7 Å². The number of ether oxygens (including phenoxy) is 4. The minimum Gasteiger partial charge on any atom is -0.507 e. The van der Waals surface area contributed by atoms with Crippen molar-refractivity contribution in [3.8, 4) is 23.0 Å². The number of phenolic OH excluding ortho intramolecular Hbond substituents is 3. The Hall–Kier alpha value is -5.12. The van der Waals surface area contributed by atoms with Gasteiger partial charge in [-0.3, -0.25) is 14.4 Å². The monoisotopic (exact) mass is 782 g/mol. The molecule has 9 atom stereocenters. The first-order valence-electron chi connectivity index (χ1n) is 18.4. The highest BCUT2D eigenvalue weighted by Crippen LogP contribution is 2.55. The molecular formula is C41H54N2O13. The lowest BCUT2D eigenvalue weighted by molar-refractivity contribution is -0.160. The number of carbonyl (C=O) groups is 3. The van der Waals surface area contributed by atoms with Crippen molar-refractivity contribution in [1.29, 1.82) is 0 Å². The quantitative estimate of drug-likeness (QED) is 0.0725. The molecule has 306 valence electrons. The number of ketones is 1. The van der Waals surface area contributed by atoms with Crippen LogP contribution in [-0.4, -0.2) is 92.8 Å². The molecule has 0 aromatic heterocycles. The topological polar surface area (TPSA) is 223 Å². The highest BCUT2D eigenvalue weighted by atomic mass is 16.7. The van der Waals surface area contributed by atoms with E-state index in [1.807, 2.05) is 0 Å². The lowest BCUT2D eigenvalue weighted by Crippen LogP contribution is -2.46. The zero-order valence-electron chi connectivity index (χ0n) is 33.6. The molecule has 5 bridgehead atoms. The van der Waals surface area contributed by atoms with Crippen LogP contribution >= 0.6 is 0 Å². The molecule has 1 amide bonds. The highest BCUT2D eigenvalue weighted by molar-refractivity contribution is 6.23. The fourth-order valence-corrected chi connectivity index (χ4v) is 7.08. The first-order valence-corrected chi connectivity index (χ1v) is 18.4. The number of fused-ring (bicyclic) bond motifs is 14. The van der Waals surface area contributed by atoms with Gasteiger partial charge in [-0.15, -0.1) is 0 Å². The number of hydrogen-bond acceptors (Lipinski definition) is 14. The van der Waals surface area contributed by atoms with Gasteiger partial charge in [0.1, 0.15) is 29.5 Å². The van der Waals surface area contributed by atoms with Crippen molar-refractivity contribution in [2.75, 3.05) is 12.4 Å². The van der Waals surface area contributed by atoms with Gasteiger partial charge < -0.3 is 54.6 Å². The maximum atomic E-state index is 14.3. The van der Waals surface area contributed by atoms with E-state index in [4.69, 9.17) is 23.8 Å². The zero-order chi connectivity index (χ0) is 42.0. The van der Waals surface area contributed by atoms with Crippen molar-refractivity contribution in [1.82, 2.24) is 0 Å². The van der Waals surface area contributed by atoms with Gasteiger partial charge >= 0.3 is 11.8 Å². The number of methoxy groups -OCH3 is 1. The van der Waals surface area contributed by atoms with E-state index in [1.165, 1.54) is 53.2 Å². The highest BCUT2D eigenvalue weighted by Gasteiger charge is 2.50. The Morgan fingerprint density at radius 3 is 2.23 bits per heavy atom. The van der Waals surface area contributed by atoms with E-state index in [9.17, 15) is 39.9 Å². The number of aliphatic hydroxyl groups is 2. The average molecular weight is 783 g/mol. The van der Waals surface area contributed by atoms with Crippen LogP contribution in [-0.2, 0) is 28.6 Å². The number of oxime groups is 1. The van der Waals surface area contributed by atoms with Gasteiger partial charge in [0, 0.05) is 61.2 Å². The van der Waals surface area contributed by atoms with Gasteiger partial charge in [0.15, 0.2) is 5.75 Å². The third-order valence-electron chi connectivity index (χ3n) is 10.5. The van der Waals surface area contributed by atoms with E-state index in [1.54, 1.807) is 53.7 Å². The number of allylic oxidation sites excluding steroid dienone is 2. The van der Waals surface area contributed by atoms with E-state index >= 15 is 0 Å². The Morgan fingerprint density at radius 2 is 1.62 bits per heavy atom. The summed E-state index contributed by atoms with van der Waals surface area (Å²) in [6.45, 7) is 15.8. The lowest BCUT2D eigenvalue weighted by atomic mass is 9.78. The molecule has 3 aliphatic rings. The number of phenols is 3. The largest absolute Gasteiger partial charge is 0.507 e. The van der Waals surface area contributed by atoms with E-state index < -0.39 is 88.8 Å². The van der Waals surface area contributed by atoms with Crippen LogP contribution in [0.2, 0.25) is 0 Å². The molecule has 2 aromatic rings. The summed E-state index contributed by atoms with van der Waals surface area (Å²) < 4.78 is 23.4. The van der Waals surface area contributed by atoms with Gasteiger partial charge in [0.05, 0.1) is 53.0 Å². The first-order chi connectivity index (χ1) is 26.2. The van der Waals surface area contributed by atoms with Gasteiger partial charge in [-0.25, -0.2) is 0 Å². The molecule has 2 aromatic carbocycles.